The Balaban J connectivity index is 1.76. The molecule has 1 aromatic rings. The summed E-state index contributed by atoms with van der Waals surface area (Å²) in [5.41, 5.74) is 0.762. The van der Waals surface area contributed by atoms with Gasteiger partial charge in [0.05, 0.1) is 13.1 Å². The zero-order valence-electron chi connectivity index (χ0n) is 21.9. The number of piperazine rings is 1. The number of fused-ring (bicyclic) bond motifs is 1. The van der Waals surface area contributed by atoms with E-state index in [0.717, 1.165) is 24.8 Å². The first-order chi connectivity index (χ1) is 17.3. The molecule has 3 atom stereocenters. The lowest BCUT2D eigenvalue weighted by Crippen LogP contribution is -2.76. The smallest absolute Gasteiger partial charge is 0.334 e. The number of hydrogen-bond acceptors (Lipinski definition) is 5. The van der Waals surface area contributed by atoms with E-state index in [0.29, 0.717) is 26.2 Å². The van der Waals surface area contributed by atoms with Crippen LogP contribution in [-0.4, -0.2) is 89.8 Å². The molecule has 2 saturated heterocycles. The molecule has 10 heteroatoms. The molecule has 2 aliphatic heterocycles. The minimum absolute atomic E-state index is 0.00590. The van der Waals surface area contributed by atoms with Crippen molar-refractivity contribution in [1.82, 2.24) is 25.1 Å². The number of urea groups is 1. The van der Waals surface area contributed by atoms with Crippen molar-refractivity contribution >= 4 is 17.8 Å². The molecule has 1 unspecified atom stereocenters. The van der Waals surface area contributed by atoms with Crippen LogP contribution in [0.1, 0.15) is 52.0 Å². The summed E-state index contributed by atoms with van der Waals surface area (Å²) in [6, 6.07) is 4.94. The second kappa shape index (κ2) is 13.0. The van der Waals surface area contributed by atoms with Crippen molar-refractivity contribution in [3.05, 3.63) is 35.6 Å². The summed E-state index contributed by atoms with van der Waals surface area (Å²) in [4.78, 5) is 43.4. The molecule has 0 radical (unpaired) electrons. The molecule has 0 bridgehead atoms. The number of rotatable bonds is 11. The maximum Gasteiger partial charge on any atom is 0.334 e. The maximum absolute atomic E-state index is 13.5. The van der Waals surface area contributed by atoms with Gasteiger partial charge in [0.15, 0.2) is 0 Å². The van der Waals surface area contributed by atoms with Crippen molar-refractivity contribution < 1.29 is 23.5 Å². The zero-order chi connectivity index (χ0) is 26.2. The Morgan fingerprint density at radius 2 is 1.86 bits per heavy atom. The minimum Gasteiger partial charge on any atom is -0.381 e. The lowest BCUT2D eigenvalue weighted by atomic mass is 9.92. The summed E-state index contributed by atoms with van der Waals surface area (Å²) in [6.07, 6.45) is 2.89. The Bertz CT molecular complexity index is 899. The van der Waals surface area contributed by atoms with Crippen LogP contribution in [0.2, 0.25) is 0 Å². The third-order valence-corrected chi connectivity index (χ3v) is 6.98. The van der Waals surface area contributed by atoms with Gasteiger partial charge in [-0.15, -0.1) is 0 Å². The van der Waals surface area contributed by atoms with E-state index < -0.39 is 12.2 Å². The first-order valence-corrected chi connectivity index (χ1v) is 13.0. The van der Waals surface area contributed by atoms with Crippen LogP contribution in [0.3, 0.4) is 0 Å². The number of likely N-dealkylation sites (N-methyl/N-ethyl adjacent to an activating group) is 1. The Hall–Kier alpha value is -2.72. The highest BCUT2D eigenvalue weighted by Crippen LogP contribution is 2.30. The van der Waals surface area contributed by atoms with E-state index in [1.807, 2.05) is 13.8 Å². The summed E-state index contributed by atoms with van der Waals surface area (Å²) in [7, 11) is 1.70. The summed E-state index contributed by atoms with van der Waals surface area (Å²) >= 11 is 0. The number of hydrogen-bond donors (Lipinski definition) is 1. The van der Waals surface area contributed by atoms with Crippen LogP contribution in [0.5, 0.6) is 0 Å². The van der Waals surface area contributed by atoms with E-state index in [1.165, 1.54) is 17.1 Å². The molecular formula is C26H40FN5O4. The number of amides is 4. The summed E-state index contributed by atoms with van der Waals surface area (Å²) in [5, 5.41) is 6.03. The van der Waals surface area contributed by atoms with E-state index in [9.17, 15) is 18.8 Å². The van der Waals surface area contributed by atoms with Crippen LogP contribution < -0.4 is 5.32 Å². The van der Waals surface area contributed by atoms with Crippen LogP contribution in [0, 0.1) is 11.7 Å². The van der Waals surface area contributed by atoms with E-state index in [-0.39, 0.29) is 49.2 Å². The van der Waals surface area contributed by atoms with E-state index in [4.69, 9.17) is 4.74 Å². The lowest BCUT2D eigenvalue weighted by molar-refractivity contribution is -0.190. The van der Waals surface area contributed by atoms with Gasteiger partial charge in [-0.3, -0.25) is 9.59 Å². The molecule has 1 N–H and O–H groups in total. The molecule has 2 fully saturated rings. The fourth-order valence-corrected chi connectivity index (χ4v) is 4.76. The molecule has 0 spiro atoms. The van der Waals surface area contributed by atoms with Crippen LogP contribution in [0.25, 0.3) is 0 Å². The number of hydrazine groups is 1. The normalized spacial score (nSPS) is 21.5. The topological polar surface area (TPSA) is 85.4 Å². The maximum atomic E-state index is 13.5. The average molecular weight is 506 g/mol. The number of nitrogens with one attached hydrogen (secondary N) is 1. The summed E-state index contributed by atoms with van der Waals surface area (Å²) in [6.45, 7) is 8.32. The summed E-state index contributed by atoms with van der Waals surface area (Å²) < 4.78 is 18.9. The van der Waals surface area contributed by atoms with Crippen molar-refractivity contribution in [2.45, 2.75) is 65.2 Å². The Labute approximate surface area is 213 Å². The molecule has 0 aliphatic carbocycles. The van der Waals surface area contributed by atoms with Gasteiger partial charge in [-0.1, -0.05) is 45.7 Å². The number of carbonyl (C=O) groups excluding carboxylic acids is 3. The predicted molar refractivity (Wildman–Crippen MR) is 134 cm³/mol. The molecule has 2 heterocycles. The monoisotopic (exact) mass is 505 g/mol. The zero-order valence-corrected chi connectivity index (χ0v) is 21.9. The number of benzene rings is 1. The van der Waals surface area contributed by atoms with Crippen molar-refractivity contribution in [1.29, 1.82) is 0 Å². The van der Waals surface area contributed by atoms with Gasteiger partial charge in [0.1, 0.15) is 18.0 Å². The molecular weight excluding hydrogens is 465 g/mol. The number of nitrogens with zero attached hydrogens (tertiary/aromatic N) is 4. The van der Waals surface area contributed by atoms with Crippen molar-refractivity contribution in [3.63, 3.8) is 0 Å². The highest BCUT2D eigenvalue weighted by atomic mass is 19.1. The number of halogens is 1. The van der Waals surface area contributed by atoms with Crippen LogP contribution in [0.4, 0.5) is 9.18 Å². The number of unbranched alkanes of at least 4 members (excludes halogenated alkanes) is 1. The quantitative estimate of drug-likeness (QED) is 0.468. The van der Waals surface area contributed by atoms with Gasteiger partial charge in [0.2, 0.25) is 11.8 Å². The highest BCUT2D eigenvalue weighted by Gasteiger charge is 2.51. The molecule has 1 aromatic carbocycles. The first kappa shape index (κ1) is 27.9. The Morgan fingerprint density at radius 1 is 1.17 bits per heavy atom. The second-order valence-corrected chi connectivity index (χ2v) is 9.66. The van der Waals surface area contributed by atoms with Gasteiger partial charge < -0.3 is 19.9 Å². The van der Waals surface area contributed by atoms with E-state index >= 15 is 0 Å². The standard InChI is InChI=1S/C26H40FN5O4/c1-5-7-14-36-15-8-13-30-17-22-31(24(25(30)34)19(3)6-2)23(33)18-29(4)32(22)26(35)28-16-20-9-11-21(27)12-10-20/h9-12,19,22,24H,5-8,13-18H2,1-4H3,(H,28,35)/t19?,22-,24-/m0/s1. The average Bonchev–Trinajstić information content (AvgIpc) is 2.85. The molecule has 0 saturated carbocycles. The van der Waals surface area contributed by atoms with Gasteiger partial charge in [-0.25, -0.2) is 19.2 Å². The predicted octanol–water partition coefficient (Wildman–Crippen LogP) is 2.82. The van der Waals surface area contributed by atoms with Crippen molar-refractivity contribution in [3.8, 4) is 0 Å². The van der Waals surface area contributed by atoms with Gasteiger partial charge in [-0.05, 0) is 36.5 Å². The van der Waals surface area contributed by atoms with E-state index in [2.05, 4.69) is 12.2 Å². The molecule has 9 nitrogen and oxygen atoms in total. The van der Waals surface area contributed by atoms with Crippen LogP contribution in [-0.2, 0) is 20.9 Å². The van der Waals surface area contributed by atoms with Gasteiger partial charge >= 0.3 is 6.03 Å². The Morgan fingerprint density at radius 3 is 2.53 bits per heavy atom. The lowest BCUT2D eigenvalue weighted by Gasteiger charge is -2.55. The highest BCUT2D eigenvalue weighted by molar-refractivity contribution is 5.91. The van der Waals surface area contributed by atoms with Crippen LogP contribution in [0.15, 0.2) is 24.3 Å². The second-order valence-electron chi connectivity index (χ2n) is 9.66. The largest absolute Gasteiger partial charge is 0.381 e. The number of ether oxygens (including phenoxy) is 1. The Kier molecular flexibility index (Phi) is 10.1. The van der Waals surface area contributed by atoms with Crippen LogP contribution >= 0.6 is 0 Å². The fraction of sp³-hybridized carbons (Fsp3) is 0.654. The third kappa shape index (κ3) is 6.53. The molecule has 0 aromatic heterocycles. The molecule has 2 aliphatic rings. The molecule has 36 heavy (non-hydrogen) atoms. The molecule has 200 valence electrons. The minimum atomic E-state index is -0.622. The van der Waals surface area contributed by atoms with E-state index in [1.54, 1.807) is 34.0 Å². The number of carbonyl (C=O) groups is 3. The van der Waals surface area contributed by atoms with Crippen molar-refractivity contribution in [2.75, 3.05) is 39.9 Å². The first-order valence-electron chi connectivity index (χ1n) is 13.0. The van der Waals surface area contributed by atoms with Crippen molar-refractivity contribution in [2.24, 2.45) is 5.92 Å². The fourth-order valence-electron chi connectivity index (χ4n) is 4.76. The molecule has 4 amide bonds. The van der Waals surface area contributed by atoms with Gasteiger partial charge in [0.25, 0.3) is 0 Å². The molecule has 3 rings (SSSR count). The van der Waals surface area contributed by atoms with Gasteiger partial charge in [0, 0.05) is 33.4 Å². The summed E-state index contributed by atoms with van der Waals surface area (Å²) in [5.74, 6) is -0.626. The van der Waals surface area contributed by atoms with Gasteiger partial charge in [-0.2, -0.15) is 0 Å². The SMILES string of the molecule is CCCCOCCCN1C[C@H]2N(C(=O)CN(C)N2C(=O)NCc2ccc(F)cc2)[C@@H](C(C)CC)C1=O. The third-order valence-electron chi connectivity index (χ3n) is 6.98.